The number of rotatable bonds is 7. The molecular weight excluding hydrogens is 283 g/mol. The van der Waals surface area contributed by atoms with Crippen LogP contribution in [0.15, 0.2) is 48.5 Å². The number of aliphatic carboxylic acids is 1. The third-order valence-corrected chi connectivity index (χ3v) is 3.50. The Balaban J connectivity index is 1.86. The number of hydrogen-bond acceptors (Lipinski definition) is 2. The van der Waals surface area contributed by atoms with Gasteiger partial charge < -0.3 is 9.84 Å². The molecule has 0 fully saturated rings. The number of carboxylic acids is 1. The first-order chi connectivity index (χ1) is 10.6. The number of halogens is 1. The second kappa shape index (κ2) is 7.59. The zero-order valence-corrected chi connectivity index (χ0v) is 12.5. The van der Waals surface area contributed by atoms with Crippen LogP contribution in [0.2, 0.25) is 0 Å². The normalized spacial score (nSPS) is 11.9. The van der Waals surface area contributed by atoms with Crippen LogP contribution in [0.5, 0.6) is 5.75 Å². The fourth-order valence-corrected chi connectivity index (χ4v) is 2.24. The van der Waals surface area contributed by atoms with Crippen LogP contribution in [0.1, 0.15) is 29.9 Å². The van der Waals surface area contributed by atoms with Crippen molar-refractivity contribution in [2.45, 2.75) is 25.7 Å². The maximum absolute atomic E-state index is 12.9. The second-order valence-corrected chi connectivity index (χ2v) is 5.25. The van der Waals surface area contributed by atoms with Crippen LogP contribution >= 0.6 is 0 Å². The minimum Gasteiger partial charge on any atom is -0.494 e. The Labute approximate surface area is 129 Å². The Morgan fingerprint density at radius 2 is 1.77 bits per heavy atom. The van der Waals surface area contributed by atoms with Crippen molar-refractivity contribution in [3.05, 3.63) is 65.5 Å². The Morgan fingerprint density at radius 1 is 1.14 bits per heavy atom. The molecule has 2 rings (SSSR count). The lowest BCUT2D eigenvalue weighted by atomic mass is 9.94. The van der Waals surface area contributed by atoms with Crippen molar-refractivity contribution >= 4 is 5.97 Å². The highest BCUT2D eigenvalue weighted by molar-refractivity contribution is 5.75. The van der Waals surface area contributed by atoms with E-state index in [1.807, 2.05) is 31.2 Å². The van der Waals surface area contributed by atoms with Crippen molar-refractivity contribution in [2.75, 3.05) is 6.61 Å². The maximum atomic E-state index is 12.9. The molecule has 0 saturated heterocycles. The first kappa shape index (κ1) is 16.0. The second-order valence-electron chi connectivity index (χ2n) is 5.25. The predicted molar refractivity (Wildman–Crippen MR) is 82.7 cm³/mol. The highest BCUT2D eigenvalue weighted by Gasteiger charge is 2.19. The molecular formula is C18H19FO3. The monoisotopic (exact) mass is 302 g/mol. The summed E-state index contributed by atoms with van der Waals surface area (Å²) in [6.07, 6.45) is 1.06. The Bertz CT molecular complexity index is 605. The predicted octanol–water partition coefficient (Wildman–Crippen LogP) is 4.16. The van der Waals surface area contributed by atoms with E-state index in [9.17, 15) is 14.3 Å². The summed E-state index contributed by atoms with van der Waals surface area (Å²) >= 11 is 0. The summed E-state index contributed by atoms with van der Waals surface area (Å²) in [5.74, 6) is -1.13. The number of aryl methyl sites for hydroxylation is 1. The molecule has 3 nitrogen and oxygen atoms in total. The minimum absolute atomic E-state index is 0.365. The number of hydrogen-bond donors (Lipinski definition) is 1. The Hall–Kier alpha value is -2.36. The van der Waals surface area contributed by atoms with E-state index in [1.165, 1.54) is 24.3 Å². The van der Waals surface area contributed by atoms with Crippen LogP contribution in [0, 0.1) is 12.7 Å². The van der Waals surface area contributed by atoms with Crippen LogP contribution < -0.4 is 4.74 Å². The molecule has 0 bridgehead atoms. The van der Waals surface area contributed by atoms with Gasteiger partial charge in [-0.25, -0.2) is 4.39 Å². The zero-order chi connectivity index (χ0) is 15.9. The summed E-state index contributed by atoms with van der Waals surface area (Å²) in [6.45, 7) is 2.46. The zero-order valence-electron chi connectivity index (χ0n) is 12.5. The standard InChI is InChI=1S/C18H19FO3/c1-13-4-10-16(11-5-13)22-12-2-3-17(18(20)21)14-6-8-15(19)9-7-14/h4-11,17H,2-3,12H2,1H3,(H,20,21). The van der Waals surface area contributed by atoms with Gasteiger partial charge in [-0.1, -0.05) is 29.8 Å². The number of carboxylic acid groups (broad SMARTS) is 1. The molecule has 116 valence electrons. The SMILES string of the molecule is Cc1ccc(OCCCC(C(=O)O)c2ccc(F)cc2)cc1. The molecule has 0 saturated carbocycles. The van der Waals surface area contributed by atoms with E-state index in [1.54, 1.807) is 0 Å². The topological polar surface area (TPSA) is 46.5 Å². The summed E-state index contributed by atoms with van der Waals surface area (Å²) in [4.78, 5) is 11.4. The van der Waals surface area contributed by atoms with Crippen molar-refractivity contribution in [1.29, 1.82) is 0 Å². The van der Waals surface area contributed by atoms with Crippen molar-refractivity contribution in [3.8, 4) is 5.75 Å². The van der Waals surface area contributed by atoms with E-state index >= 15 is 0 Å². The molecule has 0 radical (unpaired) electrons. The van der Waals surface area contributed by atoms with Crippen LogP contribution in [-0.2, 0) is 4.79 Å². The average molecular weight is 302 g/mol. The van der Waals surface area contributed by atoms with Gasteiger partial charge in [0.25, 0.3) is 0 Å². The Kier molecular flexibility index (Phi) is 5.53. The molecule has 0 aliphatic rings. The average Bonchev–Trinajstić information content (AvgIpc) is 2.50. The molecule has 2 aromatic rings. The van der Waals surface area contributed by atoms with Crippen LogP contribution in [0.3, 0.4) is 0 Å². The molecule has 0 amide bonds. The number of carbonyl (C=O) groups is 1. The summed E-state index contributed by atoms with van der Waals surface area (Å²) in [7, 11) is 0. The molecule has 0 aliphatic heterocycles. The molecule has 0 aromatic heterocycles. The first-order valence-corrected chi connectivity index (χ1v) is 7.24. The van der Waals surface area contributed by atoms with Gasteiger partial charge >= 0.3 is 5.97 Å². The van der Waals surface area contributed by atoms with E-state index in [4.69, 9.17) is 4.74 Å². The van der Waals surface area contributed by atoms with Gasteiger partial charge in [-0.2, -0.15) is 0 Å². The van der Waals surface area contributed by atoms with Crippen molar-refractivity contribution in [1.82, 2.24) is 0 Å². The lowest BCUT2D eigenvalue weighted by Crippen LogP contribution is -2.13. The van der Waals surface area contributed by atoms with Crippen molar-refractivity contribution in [2.24, 2.45) is 0 Å². The first-order valence-electron chi connectivity index (χ1n) is 7.24. The van der Waals surface area contributed by atoms with E-state index in [0.29, 0.717) is 25.0 Å². The third-order valence-electron chi connectivity index (χ3n) is 3.50. The highest BCUT2D eigenvalue weighted by Crippen LogP contribution is 2.22. The third kappa shape index (κ3) is 4.58. The van der Waals surface area contributed by atoms with Gasteiger partial charge in [-0.3, -0.25) is 4.79 Å². The Morgan fingerprint density at radius 3 is 2.36 bits per heavy atom. The van der Waals surface area contributed by atoms with E-state index in [0.717, 1.165) is 11.3 Å². The molecule has 0 spiro atoms. The lowest BCUT2D eigenvalue weighted by Gasteiger charge is -2.13. The van der Waals surface area contributed by atoms with E-state index < -0.39 is 11.9 Å². The molecule has 2 aromatic carbocycles. The van der Waals surface area contributed by atoms with E-state index in [-0.39, 0.29) is 5.82 Å². The summed E-state index contributed by atoms with van der Waals surface area (Å²) in [6, 6.07) is 13.3. The van der Waals surface area contributed by atoms with E-state index in [2.05, 4.69) is 0 Å². The van der Waals surface area contributed by atoms with Crippen LogP contribution in [0.25, 0.3) is 0 Å². The quantitative estimate of drug-likeness (QED) is 0.781. The number of benzene rings is 2. The fourth-order valence-electron chi connectivity index (χ4n) is 2.24. The molecule has 1 N–H and O–H groups in total. The van der Waals surface area contributed by atoms with Gasteiger partial charge in [0.2, 0.25) is 0 Å². The van der Waals surface area contributed by atoms with Crippen LogP contribution in [-0.4, -0.2) is 17.7 Å². The molecule has 4 heteroatoms. The number of ether oxygens (including phenoxy) is 1. The largest absolute Gasteiger partial charge is 0.494 e. The lowest BCUT2D eigenvalue weighted by molar-refractivity contribution is -0.139. The fraction of sp³-hybridized carbons (Fsp3) is 0.278. The molecule has 1 unspecified atom stereocenters. The summed E-state index contributed by atoms with van der Waals surface area (Å²) in [5.41, 5.74) is 1.78. The van der Waals surface area contributed by atoms with Gasteiger partial charge in [-0.05, 0) is 49.6 Å². The summed E-state index contributed by atoms with van der Waals surface area (Å²) in [5, 5.41) is 9.31. The van der Waals surface area contributed by atoms with Crippen molar-refractivity contribution in [3.63, 3.8) is 0 Å². The molecule has 22 heavy (non-hydrogen) atoms. The van der Waals surface area contributed by atoms with Gasteiger partial charge in [0.15, 0.2) is 0 Å². The smallest absolute Gasteiger partial charge is 0.310 e. The van der Waals surface area contributed by atoms with Gasteiger partial charge in [0.1, 0.15) is 11.6 Å². The maximum Gasteiger partial charge on any atom is 0.310 e. The van der Waals surface area contributed by atoms with Crippen LogP contribution in [0.4, 0.5) is 4.39 Å². The molecule has 1 atom stereocenters. The van der Waals surface area contributed by atoms with Gasteiger partial charge in [-0.15, -0.1) is 0 Å². The highest BCUT2D eigenvalue weighted by atomic mass is 19.1. The van der Waals surface area contributed by atoms with Crippen molar-refractivity contribution < 1.29 is 19.0 Å². The minimum atomic E-state index is -0.901. The molecule has 0 aliphatic carbocycles. The van der Waals surface area contributed by atoms with Gasteiger partial charge in [0.05, 0.1) is 12.5 Å². The molecule has 0 heterocycles. The van der Waals surface area contributed by atoms with Gasteiger partial charge in [0, 0.05) is 0 Å². The summed E-state index contributed by atoms with van der Waals surface area (Å²) < 4.78 is 18.5.